The van der Waals surface area contributed by atoms with Gasteiger partial charge in [-0.25, -0.2) is 22.0 Å². The second-order valence-corrected chi connectivity index (χ2v) is 7.48. The average Bonchev–Trinajstić information content (AvgIpc) is 2.87. The number of ether oxygens (including phenoxy) is 1. The van der Waals surface area contributed by atoms with Gasteiger partial charge in [0.05, 0.1) is 12.2 Å². The molecule has 1 aliphatic carbocycles. The van der Waals surface area contributed by atoms with Crippen molar-refractivity contribution < 1.29 is 26.7 Å². The van der Waals surface area contributed by atoms with Crippen molar-refractivity contribution in [1.29, 1.82) is 0 Å². The van der Waals surface area contributed by atoms with Gasteiger partial charge in [-0.1, -0.05) is 12.8 Å². The molecule has 0 unspecified atom stereocenters. The van der Waals surface area contributed by atoms with Crippen molar-refractivity contribution in [2.24, 2.45) is 5.92 Å². The molecule has 0 heterocycles. The van der Waals surface area contributed by atoms with Crippen LogP contribution in [0, 0.1) is 17.6 Å². The predicted octanol–water partition coefficient (Wildman–Crippen LogP) is 3.24. The summed E-state index contributed by atoms with van der Waals surface area (Å²) in [4.78, 5) is 10.8. The second kappa shape index (κ2) is 6.27. The van der Waals surface area contributed by atoms with Gasteiger partial charge in [0.25, 0.3) is 9.05 Å². The Morgan fingerprint density at radius 2 is 1.86 bits per heavy atom. The van der Waals surface area contributed by atoms with Crippen LogP contribution in [-0.2, 0) is 13.8 Å². The van der Waals surface area contributed by atoms with E-state index >= 15 is 0 Å². The molecule has 0 radical (unpaired) electrons. The number of carbonyl (C=O) groups is 1. The van der Waals surface area contributed by atoms with Crippen LogP contribution in [0.3, 0.4) is 0 Å². The molecule has 1 aromatic carbocycles. The first kappa shape index (κ1) is 16.2. The Kier molecular flexibility index (Phi) is 4.83. The Morgan fingerprint density at radius 3 is 2.43 bits per heavy atom. The predicted molar refractivity (Wildman–Crippen MR) is 71.6 cm³/mol. The molecule has 0 aromatic heterocycles. The van der Waals surface area contributed by atoms with E-state index < -0.39 is 37.1 Å². The summed E-state index contributed by atoms with van der Waals surface area (Å²) in [6.07, 6.45) is 3.98. The Morgan fingerprint density at radius 1 is 1.24 bits per heavy atom. The van der Waals surface area contributed by atoms with E-state index in [1.165, 1.54) is 0 Å². The molecule has 8 heteroatoms. The van der Waals surface area contributed by atoms with Crippen LogP contribution in [0.25, 0.3) is 0 Å². The van der Waals surface area contributed by atoms with Gasteiger partial charge in [-0.2, -0.15) is 0 Å². The summed E-state index contributed by atoms with van der Waals surface area (Å²) in [7, 11) is 0.617. The third-order valence-corrected chi connectivity index (χ3v) is 4.77. The highest BCUT2D eigenvalue weighted by atomic mass is 35.7. The van der Waals surface area contributed by atoms with Gasteiger partial charge in [-0.3, -0.25) is 0 Å². The van der Waals surface area contributed by atoms with E-state index in [0.29, 0.717) is 12.1 Å². The topological polar surface area (TPSA) is 60.4 Å². The first-order valence-electron chi connectivity index (χ1n) is 6.40. The quantitative estimate of drug-likeness (QED) is 0.624. The molecule has 1 saturated carbocycles. The first-order valence-corrected chi connectivity index (χ1v) is 8.71. The van der Waals surface area contributed by atoms with Crippen LogP contribution in [0.5, 0.6) is 0 Å². The largest absolute Gasteiger partial charge is 0.462 e. The SMILES string of the molecule is O=C(OCC1CCCC1)c1cc(S(=O)(=O)Cl)c(F)cc1F. The first-order chi connectivity index (χ1) is 9.79. The van der Waals surface area contributed by atoms with E-state index in [9.17, 15) is 22.0 Å². The molecule has 0 amide bonds. The molecule has 1 aromatic rings. The lowest BCUT2D eigenvalue weighted by atomic mass is 10.1. The highest BCUT2D eigenvalue weighted by Gasteiger charge is 2.24. The minimum atomic E-state index is -4.41. The maximum atomic E-state index is 13.6. The number of benzene rings is 1. The third-order valence-electron chi connectivity index (χ3n) is 3.43. The number of hydrogen-bond acceptors (Lipinski definition) is 4. The summed E-state index contributed by atoms with van der Waals surface area (Å²) < 4.78 is 54.2. The number of rotatable bonds is 4. The summed E-state index contributed by atoms with van der Waals surface area (Å²) in [5, 5.41) is 0. The molecule has 0 aliphatic heterocycles. The van der Waals surface area contributed by atoms with Crippen molar-refractivity contribution in [2.45, 2.75) is 30.6 Å². The maximum absolute atomic E-state index is 13.6. The smallest absolute Gasteiger partial charge is 0.341 e. The summed E-state index contributed by atoms with van der Waals surface area (Å²) >= 11 is 0. The van der Waals surface area contributed by atoms with Gasteiger partial charge in [0, 0.05) is 16.7 Å². The zero-order chi connectivity index (χ0) is 15.6. The molecular weight excluding hydrogens is 326 g/mol. The lowest BCUT2D eigenvalue weighted by Gasteiger charge is -2.11. The number of esters is 1. The molecular formula is C13H13ClF2O4S. The van der Waals surface area contributed by atoms with Crippen LogP contribution in [0.15, 0.2) is 17.0 Å². The van der Waals surface area contributed by atoms with Crippen molar-refractivity contribution in [3.05, 3.63) is 29.3 Å². The highest BCUT2D eigenvalue weighted by Crippen LogP contribution is 2.26. The van der Waals surface area contributed by atoms with Crippen LogP contribution in [-0.4, -0.2) is 21.0 Å². The van der Waals surface area contributed by atoms with Gasteiger partial charge in [0.2, 0.25) is 0 Å². The molecule has 0 saturated heterocycles. The molecule has 0 atom stereocenters. The van der Waals surface area contributed by atoms with Crippen molar-refractivity contribution in [3.8, 4) is 0 Å². The monoisotopic (exact) mass is 338 g/mol. The van der Waals surface area contributed by atoms with Crippen LogP contribution < -0.4 is 0 Å². The molecule has 0 bridgehead atoms. The standard InChI is InChI=1S/C13H13ClF2O4S/c14-21(18,19)12-5-9(10(15)6-11(12)16)13(17)20-7-8-3-1-2-4-8/h5-6,8H,1-4,7H2. The molecule has 21 heavy (non-hydrogen) atoms. The van der Waals surface area contributed by atoms with E-state index in [2.05, 4.69) is 0 Å². The van der Waals surface area contributed by atoms with Crippen LogP contribution in [0.4, 0.5) is 8.78 Å². The van der Waals surface area contributed by atoms with Crippen molar-refractivity contribution in [2.75, 3.05) is 6.61 Å². The maximum Gasteiger partial charge on any atom is 0.341 e. The Hall–Kier alpha value is -1.21. The molecule has 1 fully saturated rings. The van der Waals surface area contributed by atoms with Gasteiger partial charge < -0.3 is 4.74 Å². The molecule has 0 spiro atoms. The molecule has 0 N–H and O–H groups in total. The van der Waals surface area contributed by atoms with Crippen molar-refractivity contribution >= 4 is 25.7 Å². The highest BCUT2D eigenvalue weighted by molar-refractivity contribution is 8.13. The second-order valence-electron chi connectivity index (χ2n) is 4.95. The van der Waals surface area contributed by atoms with Gasteiger partial charge in [0.15, 0.2) is 0 Å². The average molecular weight is 339 g/mol. The van der Waals surface area contributed by atoms with Gasteiger partial charge in [-0.05, 0) is 24.8 Å². The van der Waals surface area contributed by atoms with Crippen molar-refractivity contribution in [1.82, 2.24) is 0 Å². The molecule has 4 nitrogen and oxygen atoms in total. The third kappa shape index (κ3) is 3.91. The zero-order valence-electron chi connectivity index (χ0n) is 10.9. The molecule has 116 valence electrons. The fourth-order valence-corrected chi connectivity index (χ4v) is 3.23. The zero-order valence-corrected chi connectivity index (χ0v) is 12.5. The van der Waals surface area contributed by atoms with Crippen LogP contribution in [0.1, 0.15) is 36.0 Å². The number of halogens is 3. The molecule has 1 aliphatic rings. The fraction of sp³-hybridized carbons (Fsp3) is 0.462. The number of hydrogen-bond donors (Lipinski definition) is 0. The summed E-state index contributed by atoms with van der Waals surface area (Å²) in [6, 6.07) is 0.866. The van der Waals surface area contributed by atoms with Crippen LogP contribution >= 0.6 is 10.7 Å². The summed E-state index contributed by atoms with van der Waals surface area (Å²) in [5.74, 6) is -3.34. The van der Waals surface area contributed by atoms with Gasteiger partial charge in [0.1, 0.15) is 16.5 Å². The van der Waals surface area contributed by atoms with E-state index in [0.717, 1.165) is 25.7 Å². The van der Waals surface area contributed by atoms with E-state index in [-0.39, 0.29) is 12.5 Å². The minimum Gasteiger partial charge on any atom is -0.462 e. The number of carbonyl (C=O) groups excluding carboxylic acids is 1. The van der Waals surface area contributed by atoms with Gasteiger partial charge >= 0.3 is 5.97 Å². The Labute approximate surface area is 125 Å². The van der Waals surface area contributed by atoms with E-state index in [1.54, 1.807) is 0 Å². The van der Waals surface area contributed by atoms with E-state index in [4.69, 9.17) is 15.4 Å². The fourth-order valence-electron chi connectivity index (χ4n) is 2.32. The lowest BCUT2D eigenvalue weighted by molar-refractivity contribution is 0.0437. The van der Waals surface area contributed by atoms with Gasteiger partial charge in [-0.15, -0.1) is 0 Å². The normalized spacial score (nSPS) is 16.1. The minimum absolute atomic E-state index is 0.138. The van der Waals surface area contributed by atoms with Crippen molar-refractivity contribution in [3.63, 3.8) is 0 Å². The Balaban J connectivity index is 2.20. The Bertz CT molecular complexity index is 654. The summed E-state index contributed by atoms with van der Waals surface area (Å²) in [5.41, 5.74) is -0.645. The summed E-state index contributed by atoms with van der Waals surface area (Å²) in [6.45, 7) is 0.138. The molecule has 2 rings (SSSR count). The van der Waals surface area contributed by atoms with E-state index in [1.807, 2.05) is 0 Å². The van der Waals surface area contributed by atoms with Crippen LogP contribution in [0.2, 0.25) is 0 Å². The lowest BCUT2D eigenvalue weighted by Crippen LogP contribution is -2.14.